The van der Waals surface area contributed by atoms with Crippen LogP contribution in [0, 0.1) is 0 Å². The molecule has 2 heterocycles. The molecule has 0 radical (unpaired) electrons. The average molecular weight is 287 g/mol. The molecule has 2 fully saturated rings. The molecule has 114 valence electrons. The Bertz CT molecular complexity index is 396. The molecular formula is C13H21NO6. The van der Waals surface area contributed by atoms with Crippen LogP contribution in [0.1, 0.15) is 33.6 Å². The first-order valence-electron chi connectivity index (χ1n) is 6.73. The van der Waals surface area contributed by atoms with E-state index in [-0.39, 0.29) is 13.0 Å². The van der Waals surface area contributed by atoms with E-state index in [9.17, 15) is 14.7 Å². The molecule has 2 aliphatic rings. The number of nitrogens with zero attached hydrogens (tertiary/aromatic N) is 1. The lowest BCUT2D eigenvalue weighted by molar-refractivity contribution is -0.200. The summed E-state index contributed by atoms with van der Waals surface area (Å²) >= 11 is 0. The van der Waals surface area contributed by atoms with Crippen molar-refractivity contribution in [3.8, 4) is 0 Å². The lowest BCUT2D eigenvalue weighted by Gasteiger charge is -2.41. The number of likely N-dealkylation sites (tertiary alicyclic amines) is 1. The van der Waals surface area contributed by atoms with Crippen molar-refractivity contribution in [1.29, 1.82) is 0 Å². The van der Waals surface area contributed by atoms with Crippen molar-refractivity contribution in [3.63, 3.8) is 0 Å². The molecule has 1 unspecified atom stereocenters. The van der Waals surface area contributed by atoms with Gasteiger partial charge in [-0.3, -0.25) is 4.90 Å². The predicted molar refractivity (Wildman–Crippen MR) is 68.2 cm³/mol. The van der Waals surface area contributed by atoms with Crippen molar-refractivity contribution in [3.05, 3.63) is 0 Å². The number of hydrogen-bond acceptors (Lipinski definition) is 5. The zero-order valence-corrected chi connectivity index (χ0v) is 12.0. The molecule has 7 heteroatoms. The summed E-state index contributed by atoms with van der Waals surface area (Å²) < 4.78 is 16.3. The Morgan fingerprint density at radius 1 is 1.30 bits per heavy atom. The lowest BCUT2D eigenvalue weighted by Crippen LogP contribution is -2.56. The van der Waals surface area contributed by atoms with Crippen molar-refractivity contribution >= 4 is 12.1 Å². The first-order chi connectivity index (χ1) is 9.22. The van der Waals surface area contributed by atoms with Crippen molar-refractivity contribution in [2.24, 2.45) is 0 Å². The number of carbonyl (C=O) groups excluding carboxylic acids is 1. The zero-order valence-electron chi connectivity index (χ0n) is 12.0. The fraction of sp³-hybridized carbons (Fsp3) is 0.846. The van der Waals surface area contributed by atoms with E-state index in [0.717, 1.165) is 0 Å². The maximum atomic E-state index is 12.1. The number of piperidine rings is 1. The minimum Gasteiger partial charge on any atom is -0.480 e. The van der Waals surface area contributed by atoms with E-state index in [0.29, 0.717) is 19.6 Å². The Balaban J connectivity index is 2.10. The second kappa shape index (κ2) is 5.21. The van der Waals surface area contributed by atoms with Crippen LogP contribution in [0.4, 0.5) is 4.79 Å². The predicted octanol–water partition coefficient (Wildman–Crippen LogP) is 1.21. The van der Waals surface area contributed by atoms with Crippen molar-refractivity contribution < 1.29 is 28.9 Å². The van der Waals surface area contributed by atoms with Gasteiger partial charge < -0.3 is 19.3 Å². The van der Waals surface area contributed by atoms with Gasteiger partial charge in [0.05, 0.1) is 13.2 Å². The largest absolute Gasteiger partial charge is 0.480 e. The first kappa shape index (κ1) is 15.1. The smallest absolute Gasteiger partial charge is 0.411 e. The van der Waals surface area contributed by atoms with Gasteiger partial charge in [0.15, 0.2) is 5.79 Å². The van der Waals surface area contributed by atoms with Crippen LogP contribution < -0.4 is 0 Å². The van der Waals surface area contributed by atoms with Gasteiger partial charge in [0.25, 0.3) is 0 Å². The van der Waals surface area contributed by atoms with Crippen LogP contribution in [0.5, 0.6) is 0 Å². The molecule has 2 rings (SSSR count). The summed E-state index contributed by atoms with van der Waals surface area (Å²) in [6.07, 6.45) is -0.0322. The van der Waals surface area contributed by atoms with Gasteiger partial charge in [-0.15, -0.1) is 0 Å². The molecule has 2 aliphatic heterocycles. The monoisotopic (exact) mass is 287 g/mol. The highest BCUT2D eigenvalue weighted by Gasteiger charge is 2.49. The van der Waals surface area contributed by atoms with Gasteiger partial charge in [-0.05, 0) is 20.8 Å². The highest BCUT2D eigenvalue weighted by molar-refractivity contribution is 5.80. The average Bonchev–Trinajstić information content (AvgIpc) is 2.75. The Morgan fingerprint density at radius 3 is 2.40 bits per heavy atom. The summed E-state index contributed by atoms with van der Waals surface area (Å²) in [5.74, 6) is -1.93. The summed E-state index contributed by atoms with van der Waals surface area (Å²) in [5, 5.41) is 9.34. The van der Waals surface area contributed by atoms with E-state index < -0.39 is 29.5 Å². The summed E-state index contributed by atoms with van der Waals surface area (Å²) in [4.78, 5) is 24.7. The van der Waals surface area contributed by atoms with E-state index in [4.69, 9.17) is 14.2 Å². The van der Waals surface area contributed by atoms with Gasteiger partial charge in [0.1, 0.15) is 11.6 Å². The molecule has 0 saturated carbocycles. The molecule has 1 amide bonds. The van der Waals surface area contributed by atoms with Crippen molar-refractivity contribution in [2.45, 2.75) is 51.0 Å². The second-order valence-electron chi connectivity index (χ2n) is 6.09. The molecule has 0 aliphatic carbocycles. The lowest BCUT2D eigenvalue weighted by atomic mass is 9.96. The van der Waals surface area contributed by atoms with Gasteiger partial charge in [-0.25, -0.2) is 9.59 Å². The van der Waals surface area contributed by atoms with Gasteiger partial charge in [0.2, 0.25) is 0 Å². The fourth-order valence-electron chi connectivity index (χ4n) is 2.47. The number of carboxylic acid groups (broad SMARTS) is 1. The number of carbonyl (C=O) groups is 2. The zero-order chi connectivity index (χ0) is 15.0. The Hall–Kier alpha value is -1.34. The number of ether oxygens (including phenoxy) is 3. The van der Waals surface area contributed by atoms with Crippen LogP contribution in [0.25, 0.3) is 0 Å². The van der Waals surface area contributed by atoms with Gasteiger partial charge in [-0.2, -0.15) is 0 Å². The summed E-state index contributed by atoms with van der Waals surface area (Å²) in [6, 6.07) is -0.989. The van der Waals surface area contributed by atoms with Crippen LogP contribution in [0.15, 0.2) is 0 Å². The number of aliphatic carboxylic acids is 1. The number of hydrogen-bond donors (Lipinski definition) is 1. The van der Waals surface area contributed by atoms with Crippen LogP contribution >= 0.6 is 0 Å². The SMILES string of the molecule is CC(C)(C)OC(=O)N1CCC2(CC1C(=O)O)OCCO2. The third-order valence-electron chi connectivity index (χ3n) is 3.34. The molecule has 0 aromatic heterocycles. The highest BCUT2D eigenvalue weighted by atomic mass is 16.7. The van der Waals surface area contributed by atoms with Gasteiger partial charge in [-0.1, -0.05) is 0 Å². The maximum Gasteiger partial charge on any atom is 0.411 e. The molecule has 7 nitrogen and oxygen atoms in total. The summed E-state index contributed by atoms with van der Waals surface area (Å²) in [5.41, 5.74) is -0.657. The third kappa shape index (κ3) is 3.21. The molecule has 0 aromatic carbocycles. The van der Waals surface area contributed by atoms with Crippen LogP contribution in [0.3, 0.4) is 0 Å². The molecule has 1 N–H and O–H groups in total. The van der Waals surface area contributed by atoms with Crippen LogP contribution in [0.2, 0.25) is 0 Å². The highest BCUT2D eigenvalue weighted by Crippen LogP contribution is 2.35. The van der Waals surface area contributed by atoms with Gasteiger partial charge >= 0.3 is 12.1 Å². The fourth-order valence-corrected chi connectivity index (χ4v) is 2.47. The normalized spacial score (nSPS) is 25.8. The van der Waals surface area contributed by atoms with E-state index in [1.807, 2.05) is 0 Å². The number of amides is 1. The topological polar surface area (TPSA) is 85.3 Å². The van der Waals surface area contributed by atoms with Crippen molar-refractivity contribution in [2.75, 3.05) is 19.8 Å². The molecule has 2 saturated heterocycles. The molecule has 0 bridgehead atoms. The van der Waals surface area contributed by atoms with E-state index in [2.05, 4.69) is 0 Å². The number of carboxylic acids is 1. The number of rotatable bonds is 1. The molecular weight excluding hydrogens is 266 g/mol. The Kier molecular flexibility index (Phi) is 3.93. The Labute approximate surface area is 117 Å². The van der Waals surface area contributed by atoms with Crippen LogP contribution in [-0.2, 0) is 19.0 Å². The minimum absolute atomic E-state index is 0.127. The van der Waals surface area contributed by atoms with E-state index in [1.54, 1.807) is 20.8 Å². The van der Waals surface area contributed by atoms with Crippen molar-refractivity contribution in [1.82, 2.24) is 4.90 Å². The first-order valence-corrected chi connectivity index (χ1v) is 6.73. The molecule has 20 heavy (non-hydrogen) atoms. The van der Waals surface area contributed by atoms with Gasteiger partial charge in [0, 0.05) is 19.4 Å². The minimum atomic E-state index is -1.07. The standard InChI is InChI=1S/C13H21NO6/c1-12(2,3)20-11(17)14-5-4-13(18-6-7-19-13)8-9(14)10(15)16/h9H,4-8H2,1-3H3,(H,15,16). The molecule has 1 spiro atoms. The van der Waals surface area contributed by atoms with E-state index in [1.165, 1.54) is 4.90 Å². The molecule has 1 atom stereocenters. The second-order valence-corrected chi connectivity index (χ2v) is 6.09. The Morgan fingerprint density at radius 2 is 1.90 bits per heavy atom. The third-order valence-corrected chi connectivity index (χ3v) is 3.34. The summed E-state index contributed by atoms with van der Waals surface area (Å²) in [6.45, 7) is 6.39. The molecule has 0 aromatic rings. The quantitative estimate of drug-likeness (QED) is 0.780. The van der Waals surface area contributed by atoms with Crippen LogP contribution in [-0.4, -0.2) is 59.3 Å². The summed E-state index contributed by atoms with van der Waals surface area (Å²) in [7, 11) is 0. The van der Waals surface area contributed by atoms with E-state index >= 15 is 0 Å². The maximum absolute atomic E-state index is 12.1.